The van der Waals surface area contributed by atoms with E-state index in [2.05, 4.69) is 0 Å². The van der Waals surface area contributed by atoms with Gasteiger partial charge in [0.15, 0.2) is 55.5 Å². The van der Waals surface area contributed by atoms with Crippen LogP contribution in [0.4, 0.5) is 0 Å². The molecule has 2 aromatic carbocycles. The van der Waals surface area contributed by atoms with E-state index in [0.29, 0.717) is 11.1 Å². The van der Waals surface area contributed by atoms with Gasteiger partial charge >= 0.3 is 47.8 Å². The maximum Gasteiger partial charge on any atom is 0.303 e. The summed E-state index contributed by atoms with van der Waals surface area (Å²) in [5.74, 6) is -6.65. The summed E-state index contributed by atoms with van der Waals surface area (Å²) in [5.41, 5.74) is 1.34. The number of hydrogen-bond donors (Lipinski definition) is 0. The van der Waals surface area contributed by atoms with Gasteiger partial charge in [-0.2, -0.15) is 0 Å². The molecule has 3 saturated heterocycles. The normalized spacial score (nSPS) is 29.8. The minimum atomic E-state index is -1.88. The topological polar surface area (TPSA) is 284 Å². The van der Waals surface area contributed by atoms with Crippen LogP contribution < -0.4 is 0 Å². The van der Waals surface area contributed by atoms with E-state index in [9.17, 15) is 38.4 Å². The fourth-order valence-electron chi connectivity index (χ4n) is 8.24. The standard InChI is InChI=1S/C49H62O24/c1-25(50)59-22-35-38(61-20-33-16-12-10-13-17-33)41(64-27(3)52)45(68-31(7)56)48(71-35)63-24-36-39(62-21-34-18-14-11-15-19-34)42(65-28(4)53)46(69-32(8)57)49(72-36)73-40-37(23-60-26(2)51)70-47(58-9)44(67-30(6)55)43(40)66-29(5)54/h10-19,35-49H,20-24H2,1-9H3/t35-,36-,37-,38-,39-,40-,41+,42+,43+,44-,45-,46-,47+,48-,49+/m1/s1. The van der Waals surface area contributed by atoms with Gasteiger partial charge in [0, 0.05) is 62.5 Å². The van der Waals surface area contributed by atoms with Gasteiger partial charge in [0.1, 0.15) is 49.8 Å². The van der Waals surface area contributed by atoms with E-state index in [0.717, 1.165) is 55.4 Å². The van der Waals surface area contributed by atoms with Crippen molar-refractivity contribution < 1.29 is 114 Å². The maximum atomic E-state index is 13.1. The Kier molecular flexibility index (Phi) is 22.0. The molecule has 0 bridgehead atoms. The lowest BCUT2D eigenvalue weighted by molar-refractivity contribution is -0.368. The van der Waals surface area contributed by atoms with Crippen LogP contribution in [0.1, 0.15) is 66.5 Å². The second kappa shape index (κ2) is 27.8. The van der Waals surface area contributed by atoms with E-state index in [1.54, 1.807) is 60.7 Å². The summed E-state index contributed by atoms with van der Waals surface area (Å²) in [6.07, 6.45) is -22.9. The smallest absolute Gasteiger partial charge is 0.303 e. The highest BCUT2D eigenvalue weighted by Crippen LogP contribution is 2.37. The van der Waals surface area contributed by atoms with Crippen molar-refractivity contribution in [1.29, 1.82) is 0 Å². The number of esters is 8. The Balaban J connectivity index is 1.61. The van der Waals surface area contributed by atoms with Gasteiger partial charge in [0.2, 0.25) is 0 Å². The molecule has 3 heterocycles. The van der Waals surface area contributed by atoms with Crippen LogP contribution in [0.5, 0.6) is 0 Å². The second-order valence-corrected chi connectivity index (χ2v) is 16.9. The molecular formula is C49H62O24. The molecule has 0 aliphatic carbocycles. The monoisotopic (exact) mass is 1030 g/mol. The van der Waals surface area contributed by atoms with Crippen molar-refractivity contribution in [3.63, 3.8) is 0 Å². The third-order valence-electron chi connectivity index (χ3n) is 11.0. The van der Waals surface area contributed by atoms with Crippen molar-refractivity contribution in [2.75, 3.05) is 26.9 Å². The first-order valence-electron chi connectivity index (χ1n) is 23.1. The molecule has 0 N–H and O–H groups in total. The van der Waals surface area contributed by atoms with E-state index in [1.807, 2.05) is 0 Å². The maximum absolute atomic E-state index is 13.1. The molecule has 3 aliphatic rings. The van der Waals surface area contributed by atoms with Crippen molar-refractivity contribution in [3.8, 4) is 0 Å². The molecule has 402 valence electrons. The predicted molar refractivity (Wildman–Crippen MR) is 240 cm³/mol. The quantitative estimate of drug-likeness (QED) is 0.121. The number of rotatable bonds is 22. The lowest BCUT2D eigenvalue weighted by atomic mass is 9.95. The first-order valence-corrected chi connectivity index (χ1v) is 23.1. The highest BCUT2D eigenvalue weighted by molar-refractivity contribution is 5.69. The molecule has 0 saturated carbocycles. The lowest BCUT2D eigenvalue weighted by Gasteiger charge is -2.49. The summed E-state index contributed by atoms with van der Waals surface area (Å²) in [7, 11) is 1.22. The molecule has 15 atom stereocenters. The Hall–Kier alpha value is -6.12. The number of methoxy groups -OCH3 is 1. The molecule has 3 aliphatic heterocycles. The van der Waals surface area contributed by atoms with Gasteiger partial charge in [0.05, 0.1) is 19.8 Å². The Labute approximate surface area is 420 Å². The second-order valence-electron chi connectivity index (χ2n) is 16.9. The molecule has 0 unspecified atom stereocenters. The van der Waals surface area contributed by atoms with Crippen molar-refractivity contribution >= 4 is 47.8 Å². The third-order valence-corrected chi connectivity index (χ3v) is 11.0. The van der Waals surface area contributed by atoms with Crippen LogP contribution in [0.2, 0.25) is 0 Å². The Bertz CT molecular complexity index is 2170. The largest absolute Gasteiger partial charge is 0.463 e. The van der Waals surface area contributed by atoms with Crippen LogP contribution in [0.15, 0.2) is 60.7 Å². The van der Waals surface area contributed by atoms with Crippen LogP contribution in [-0.4, -0.2) is 167 Å². The minimum absolute atomic E-state index is 0.0554. The Morgan fingerprint density at radius 2 is 0.699 bits per heavy atom. The van der Waals surface area contributed by atoms with Gasteiger partial charge in [-0.15, -0.1) is 0 Å². The Morgan fingerprint density at radius 1 is 0.370 bits per heavy atom. The number of benzene rings is 2. The van der Waals surface area contributed by atoms with Gasteiger partial charge in [-0.1, -0.05) is 60.7 Å². The molecule has 5 rings (SSSR count). The van der Waals surface area contributed by atoms with Crippen LogP contribution in [0, 0.1) is 0 Å². The summed E-state index contributed by atoms with van der Waals surface area (Å²) >= 11 is 0. The SMILES string of the molecule is CO[C@H]1O[C@H](COC(C)=O)[C@@H](O[C@@H]2O[C@H](CO[C@@H]3O[C@H](COC(C)=O)[C@@H](OCc4ccccc4)[C@H](OC(C)=O)[C@H]3OC(C)=O)[C@@H](OCc3ccccc3)[C@H](OC(C)=O)[C@H]2OC(C)=O)[C@H](OC(C)=O)[C@H]1OC(C)=O. The molecule has 2 aromatic rings. The Morgan fingerprint density at radius 3 is 1.10 bits per heavy atom. The first kappa shape index (κ1) is 57.8. The summed E-state index contributed by atoms with van der Waals surface area (Å²) < 4.78 is 95.3. The van der Waals surface area contributed by atoms with Crippen molar-refractivity contribution in [1.82, 2.24) is 0 Å². The van der Waals surface area contributed by atoms with Crippen LogP contribution in [0.25, 0.3) is 0 Å². The molecule has 73 heavy (non-hydrogen) atoms. The van der Waals surface area contributed by atoms with Crippen molar-refractivity contribution in [3.05, 3.63) is 71.8 Å². The average Bonchev–Trinajstić information content (AvgIpc) is 3.31. The fourth-order valence-corrected chi connectivity index (χ4v) is 8.24. The van der Waals surface area contributed by atoms with Gasteiger partial charge in [-0.05, 0) is 11.1 Å². The minimum Gasteiger partial charge on any atom is -0.463 e. The van der Waals surface area contributed by atoms with Gasteiger partial charge in [0.25, 0.3) is 0 Å². The van der Waals surface area contributed by atoms with Crippen molar-refractivity contribution in [2.45, 2.75) is 161 Å². The highest BCUT2D eigenvalue weighted by Gasteiger charge is 2.58. The molecule has 0 spiro atoms. The lowest BCUT2D eigenvalue weighted by Crippen LogP contribution is -2.67. The highest BCUT2D eigenvalue weighted by atomic mass is 16.8. The number of carbonyl (C=O) groups is 8. The zero-order chi connectivity index (χ0) is 53.4. The van der Waals surface area contributed by atoms with Gasteiger partial charge in [-0.25, -0.2) is 0 Å². The number of ether oxygens (including phenoxy) is 16. The molecule has 3 fully saturated rings. The molecule has 0 amide bonds. The molecule has 0 radical (unpaired) electrons. The third kappa shape index (κ3) is 17.2. The predicted octanol–water partition coefficient (Wildman–Crippen LogP) is 2.10. The summed E-state index contributed by atoms with van der Waals surface area (Å²) in [6.45, 7) is 6.89. The van der Waals surface area contributed by atoms with Crippen LogP contribution >= 0.6 is 0 Å². The molecule has 0 aromatic heterocycles. The van der Waals surface area contributed by atoms with E-state index in [1.165, 1.54) is 7.11 Å². The van der Waals surface area contributed by atoms with E-state index >= 15 is 0 Å². The zero-order valence-electron chi connectivity index (χ0n) is 41.8. The van der Waals surface area contributed by atoms with Crippen molar-refractivity contribution in [2.24, 2.45) is 0 Å². The fraction of sp³-hybridized carbons (Fsp3) is 0.592. The van der Waals surface area contributed by atoms with Gasteiger partial charge in [-0.3, -0.25) is 38.4 Å². The molecule has 24 heteroatoms. The number of carbonyl (C=O) groups excluding carboxylic acids is 8. The van der Waals surface area contributed by atoms with E-state index in [-0.39, 0.29) is 13.2 Å². The van der Waals surface area contributed by atoms with E-state index in [4.69, 9.17) is 75.8 Å². The average molecular weight is 1040 g/mol. The van der Waals surface area contributed by atoms with E-state index < -0.39 is 160 Å². The summed E-state index contributed by atoms with van der Waals surface area (Å²) in [6, 6.07) is 17.7. The first-order chi connectivity index (χ1) is 34.7. The van der Waals surface area contributed by atoms with Crippen LogP contribution in [0.3, 0.4) is 0 Å². The van der Waals surface area contributed by atoms with Gasteiger partial charge < -0.3 is 75.8 Å². The summed E-state index contributed by atoms with van der Waals surface area (Å²) in [5, 5.41) is 0. The number of hydrogen-bond acceptors (Lipinski definition) is 24. The van der Waals surface area contributed by atoms with Crippen LogP contribution in [-0.2, 0) is 127 Å². The molecule has 24 nitrogen and oxygen atoms in total. The zero-order valence-corrected chi connectivity index (χ0v) is 41.8. The summed E-state index contributed by atoms with van der Waals surface area (Å²) in [4.78, 5) is 101. The molecular weight excluding hydrogens is 973 g/mol.